The van der Waals surface area contributed by atoms with Gasteiger partial charge in [0.2, 0.25) is 0 Å². The minimum atomic E-state index is -0.448. The number of nitrogens with two attached hydrogens (primary N) is 1. The zero-order chi connectivity index (χ0) is 23.8. The van der Waals surface area contributed by atoms with Crippen LogP contribution in [0.2, 0.25) is 0 Å². The second kappa shape index (κ2) is 11.5. The van der Waals surface area contributed by atoms with Crippen LogP contribution in [0.15, 0.2) is 24.4 Å². The number of nitrogen functional groups attached to an aromatic ring is 1. The fourth-order valence-electron chi connectivity index (χ4n) is 3.27. The van der Waals surface area contributed by atoms with Crippen molar-refractivity contribution in [2.75, 3.05) is 46.7 Å². The molecule has 178 valence electrons. The fraction of sp³-hybridized carbons (Fsp3) is 0.478. The summed E-state index contributed by atoms with van der Waals surface area (Å²) in [5.41, 5.74) is 8.56. The van der Waals surface area contributed by atoms with Crippen molar-refractivity contribution in [3.8, 4) is 11.8 Å². The molecule has 0 radical (unpaired) electrons. The molecule has 3 rings (SSSR count). The van der Waals surface area contributed by atoms with Crippen molar-refractivity contribution < 1.29 is 19.0 Å². The number of methoxy groups -OCH3 is 1. The first-order valence-corrected chi connectivity index (χ1v) is 11.0. The number of unbranched alkanes of at least 4 members (excludes halogenated alkanes) is 1. The zero-order valence-corrected chi connectivity index (χ0v) is 19.7. The van der Waals surface area contributed by atoms with Crippen LogP contribution in [0.4, 0.5) is 5.82 Å². The van der Waals surface area contributed by atoms with E-state index in [1.807, 2.05) is 20.2 Å². The van der Waals surface area contributed by atoms with E-state index in [9.17, 15) is 4.79 Å². The normalized spacial score (nSPS) is 11.2. The van der Waals surface area contributed by atoms with Crippen LogP contribution >= 0.6 is 0 Å². The molecule has 0 bridgehead atoms. The first kappa shape index (κ1) is 24.2. The van der Waals surface area contributed by atoms with Crippen molar-refractivity contribution in [2.24, 2.45) is 0 Å². The zero-order valence-electron chi connectivity index (χ0n) is 19.7. The Kier molecular flexibility index (Phi) is 8.42. The molecule has 2 aromatic heterocycles. The summed E-state index contributed by atoms with van der Waals surface area (Å²) in [7, 11) is 5.37. The van der Waals surface area contributed by atoms with Gasteiger partial charge >= 0.3 is 12.0 Å². The molecule has 0 saturated carbocycles. The van der Waals surface area contributed by atoms with Gasteiger partial charge < -0.3 is 24.8 Å². The Morgan fingerprint density at radius 2 is 1.97 bits per heavy atom. The number of nitrogens with zero attached hydrogens (tertiary/aromatic N) is 5. The van der Waals surface area contributed by atoms with Gasteiger partial charge in [0.05, 0.1) is 32.2 Å². The van der Waals surface area contributed by atoms with Crippen LogP contribution in [0, 0.1) is 0 Å². The van der Waals surface area contributed by atoms with Gasteiger partial charge in [-0.05, 0) is 44.6 Å². The van der Waals surface area contributed by atoms with E-state index in [1.165, 1.54) is 7.11 Å². The van der Waals surface area contributed by atoms with Gasteiger partial charge in [-0.15, -0.1) is 5.10 Å². The van der Waals surface area contributed by atoms with Crippen LogP contribution in [0.5, 0.6) is 11.8 Å². The standard InChI is InChI=1S/C23H32N6O4/c1-5-6-11-33-23-26-20(24)21-25-15-17(29(21)27-23)13-16-8-9-19(18(14-16)22(30)31-4)32-12-7-10-28(2)3/h8-9,14-15H,5-7,10-13H2,1-4H3,(H2,24,26,27). The molecule has 0 fully saturated rings. The lowest BCUT2D eigenvalue weighted by atomic mass is 10.1. The lowest BCUT2D eigenvalue weighted by Crippen LogP contribution is -2.16. The summed E-state index contributed by atoms with van der Waals surface area (Å²) < 4.78 is 18.1. The first-order valence-electron chi connectivity index (χ1n) is 11.0. The van der Waals surface area contributed by atoms with Crippen LogP contribution in [-0.4, -0.2) is 71.4 Å². The number of esters is 1. The third-order valence-corrected chi connectivity index (χ3v) is 5.01. The molecule has 0 saturated heterocycles. The lowest BCUT2D eigenvalue weighted by Gasteiger charge is -2.13. The molecule has 0 aliphatic heterocycles. The predicted octanol–water partition coefficient (Wildman–Crippen LogP) is 2.59. The summed E-state index contributed by atoms with van der Waals surface area (Å²) in [6.07, 6.45) is 4.92. The maximum atomic E-state index is 12.4. The average Bonchev–Trinajstić information content (AvgIpc) is 3.20. The second-order valence-electron chi connectivity index (χ2n) is 7.97. The molecule has 0 amide bonds. The SMILES string of the molecule is CCCCOc1nc(N)c2ncc(Cc3ccc(OCCCN(C)C)c(C(=O)OC)c3)n2n1. The van der Waals surface area contributed by atoms with Gasteiger partial charge in [-0.3, -0.25) is 0 Å². The summed E-state index contributed by atoms with van der Waals surface area (Å²) in [6, 6.07) is 5.69. The van der Waals surface area contributed by atoms with Gasteiger partial charge in [-0.2, -0.15) is 4.98 Å². The Morgan fingerprint density at radius 3 is 2.70 bits per heavy atom. The molecule has 10 heteroatoms. The minimum Gasteiger partial charge on any atom is -0.493 e. The maximum absolute atomic E-state index is 12.4. The Labute approximate surface area is 193 Å². The van der Waals surface area contributed by atoms with E-state index >= 15 is 0 Å². The highest BCUT2D eigenvalue weighted by Gasteiger charge is 2.17. The van der Waals surface area contributed by atoms with Crippen molar-refractivity contribution in [1.82, 2.24) is 24.5 Å². The molecule has 3 aromatic rings. The fourth-order valence-corrected chi connectivity index (χ4v) is 3.27. The summed E-state index contributed by atoms with van der Waals surface area (Å²) in [5.74, 6) is 0.302. The average molecular weight is 457 g/mol. The van der Waals surface area contributed by atoms with E-state index in [-0.39, 0.29) is 11.8 Å². The van der Waals surface area contributed by atoms with E-state index < -0.39 is 5.97 Å². The van der Waals surface area contributed by atoms with Gasteiger partial charge in [-0.25, -0.2) is 14.3 Å². The van der Waals surface area contributed by atoms with Crippen molar-refractivity contribution >= 4 is 17.4 Å². The number of ether oxygens (including phenoxy) is 3. The third-order valence-electron chi connectivity index (χ3n) is 5.01. The Morgan fingerprint density at radius 1 is 1.18 bits per heavy atom. The highest BCUT2D eigenvalue weighted by Crippen LogP contribution is 2.24. The van der Waals surface area contributed by atoms with E-state index in [1.54, 1.807) is 22.8 Å². The number of imidazole rings is 1. The molecule has 0 atom stereocenters. The monoisotopic (exact) mass is 456 g/mol. The second-order valence-corrected chi connectivity index (χ2v) is 7.97. The number of benzene rings is 1. The molecule has 0 aliphatic carbocycles. The third kappa shape index (κ3) is 6.32. The molecule has 2 N–H and O–H groups in total. The number of hydrogen-bond donors (Lipinski definition) is 1. The highest BCUT2D eigenvalue weighted by atomic mass is 16.5. The van der Waals surface area contributed by atoms with Crippen molar-refractivity contribution in [3.63, 3.8) is 0 Å². The summed E-state index contributed by atoms with van der Waals surface area (Å²) in [4.78, 5) is 23.0. The van der Waals surface area contributed by atoms with Crippen LogP contribution in [0.3, 0.4) is 0 Å². The minimum absolute atomic E-state index is 0.212. The van der Waals surface area contributed by atoms with E-state index in [4.69, 9.17) is 19.9 Å². The van der Waals surface area contributed by atoms with Crippen LogP contribution in [0.25, 0.3) is 5.65 Å². The van der Waals surface area contributed by atoms with Crippen molar-refractivity contribution in [2.45, 2.75) is 32.6 Å². The number of anilines is 1. The van der Waals surface area contributed by atoms with E-state index in [2.05, 4.69) is 26.9 Å². The van der Waals surface area contributed by atoms with Gasteiger partial charge in [0.25, 0.3) is 0 Å². The Balaban J connectivity index is 1.82. The molecule has 0 unspecified atom stereocenters. The van der Waals surface area contributed by atoms with Gasteiger partial charge in [0.1, 0.15) is 11.3 Å². The lowest BCUT2D eigenvalue weighted by molar-refractivity contribution is 0.0595. The quantitative estimate of drug-likeness (QED) is 0.324. The Bertz CT molecular complexity index is 1080. The van der Waals surface area contributed by atoms with Crippen LogP contribution < -0.4 is 15.2 Å². The molecular formula is C23H32N6O4. The molecule has 1 aromatic carbocycles. The maximum Gasteiger partial charge on any atom is 0.341 e. The van der Waals surface area contributed by atoms with E-state index in [0.717, 1.165) is 37.1 Å². The van der Waals surface area contributed by atoms with Gasteiger partial charge in [0.15, 0.2) is 11.5 Å². The summed E-state index contributed by atoms with van der Waals surface area (Å²) >= 11 is 0. The highest BCUT2D eigenvalue weighted by molar-refractivity contribution is 5.92. The van der Waals surface area contributed by atoms with Gasteiger partial charge in [0, 0.05) is 13.0 Å². The largest absolute Gasteiger partial charge is 0.493 e. The van der Waals surface area contributed by atoms with Crippen molar-refractivity contribution in [1.29, 1.82) is 0 Å². The Hall–Kier alpha value is -3.40. The van der Waals surface area contributed by atoms with Gasteiger partial charge in [-0.1, -0.05) is 19.4 Å². The first-order chi connectivity index (χ1) is 15.9. The smallest absolute Gasteiger partial charge is 0.341 e. The number of rotatable bonds is 12. The number of hydrogen-bond acceptors (Lipinski definition) is 9. The number of carbonyl (C=O) groups is 1. The topological polar surface area (TPSA) is 117 Å². The van der Waals surface area contributed by atoms with E-state index in [0.29, 0.717) is 36.6 Å². The molecule has 0 spiro atoms. The molecule has 10 nitrogen and oxygen atoms in total. The number of aromatic nitrogens is 4. The predicted molar refractivity (Wildman–Crippen MR) is 125 cm³/mol. The molecular weight excluding hydrogens is 424 g/mol. The molecule has 33 heavy (non-hydrogen) atoms. The summed E-state index contributed by atoms with van der Waals surface area (Å²) in [6.45, 7) is 4.00. The number of carbonyl (C=O) groups excluding carboxylic acids is 1. The number of fused-ring (bicyclic) bond motifs is 1. The molecule has 0 aliphatic rings. The van der Waals surface area contributed by atoms with Crippen LogP contribution in [-0.2, 0) is 11.2 Å². The van der Waals surface area contributed by atoms with Crippen LogP contribution in [0.1, 0.15) is 47.8 Å². The molecule has 2 heterocycles. The van der Waals surface area contributed by atoms with Crippen molar-refractivity contribution in [3.05, 3.63) is 41.2 Å². The summed E-state index contributed by atoms with van der Waals surface area (Å²) in [5, 5.41) is 4.44.